The summed E-state index contributed by atoms with van der Waals surface area (Å²) in [5.74, 6) is 1.78. The standard InChI is InChI=1S/C17H26N2O2/c1-20-14-8-7-13(17(11-14)21-2)12-19-10-4-6-16(19)15-5-3-9-18-15/h7-8,11,15-16,18H,3-6,9-10,12H2,1-2H3. The summed E-state index contributed by atoms with van der Waals surface area (Å²) < 4.78 is 10.8. The Balaban J connectivity index is 1.72. The summed E-state index contributed by atoms with van der Waals surface area (Å²) in [6, 6.07) is 7.50. The smallest absolute Gasteiger partial charge is 0.127 e. The molecule has 2 atom stereocenters. The van der Waals surface area contributed by atoms with E-state index >= 15 is 0 Å². The van der Waals surface area contributed by atoms with Crippen LogP contribution in [0.5, 0.6) is 11.5 Å². The minimum Gasteiger partial charge on any atom is -0.497 e. The number of rotatable bonds is 5. The van der Waals surface area contributed by atoms with Crippen molar-refractivity contribution in [2.24, 2.45) is 0 Å². The minimum absolute atomic E-state index is 0.678. The average molecular weight is 290 g/mol. The van der Waals surface area contributed by atoms with Crippen LogP contribution < -0.4 is 14.8 Å². The Hall–Kier alpha value is -1.26. The van der Waals surface area contributed by atoms with Crippen LogP contribution in [0.15, 0.2) is 18.2 Å². The molecular formula is C17H26N2O2. The second-order valence-corrected chi connectivity index (χ2v) is 6.06. The molecule has 4 nitrogen and oxygen atoms in total. The lowest BCUT2D eigenvalue weighted by molar-refractivity contribution is 0.204. The van der Waals surface area contributed by atoms with Gasteiger partial charge in [0, 0.05) is 30.3 Å². The highest BCUT2D eigenvalue weighted by Gasteiger charge is 2.33. The number of ether oxygens (including phenoxy) is 2. The summed E-state index contributed by atoms with van der Waals surface area (Å²) in [4.78, 5) is 2.62. The SMILES string of the molecule is COc1ccc(CN2CCCC2C2CCCN2)c(OC)c1. The van der Waals surface area contributed by atoms with Crippen LogP contribution in [-0.2, 0) is 6.54 Å². The zero-order valence-corrected chi connectivity index (χ0v) is 13.1. The van der Waals surface area contributed by atoms with Crippen LogP contribution >= 0.6 is 0 Å². The Labute approximate surface area is 127 Å². The van der Waals surface area contributed by atoms with E-state index in [0.29, 0.717) is 12.1 Å². The molecule has 2 aliphatic heterocycles. The summed E-state index contributed by atoms with van der Waals surface area (Å²) in [5, 5.41) is 3.67. The van der Waals surface area contributed by atoms with Crippen molar-refractivity contribution in [3.63, 3.8) is 0 Å². The molecule has 0 amide bonds. The van der Waals surface area contributed by atoms with Crippen LogP contribution in [0, 0.1) is 0 Å². The van der Waals surface area contributed by atoms with E-state index in [1.165, 1.54) is 44.3 Å². The molecule has 4 heteroatoms. The first-order valence-corrected chi connectivity index (χ1v) is 8.00. The predicted octanol–water partition coefficient (Wildman–Crippen LogP) is 2.42. The average Bonchev–Trinajstić information content (AvgIpc) is 3.18. The number of benzene rings is 1. The van der Waals surface area contributed by atoms with E-state index < -0.39 is 0 Å². The van der Waals surface area contributed by atoms with Crippen molar-refractivity contribution < 1.29 is 9.47 Å². The third-order valence-electron chi connectivity index (χ3n) is 4.84. The van der Waals surface area contributed by atoms with Gasteiger partial charge in [-0.15, -0.1) is 0 Å². The largest absolute Gasteiger partial charge is 0.497 e. The van der Waals surface area contributed by atoms with E-state index in [2.05, 4.69) is 16.3 Å². The maximum atomic E-state index is 5.54. The molecule has 21 heavy (non-hydrogen) atoms. The highest BCUT2D eigenvalue weighted by molar-refractivity contribution is 5.40. The zero-order valence-electron chi connectivity index (χ0n) is 13.1. The monoisotopic (exact) mass is 290 g/mol. The van der Waals surface area contributed by atoms with Gasteiger partial charge in [0.1, 0.15) is 11.5 Å². The fourth-order valence-corrected chi connectivity index (χ4v) is 3.75. The minimum atomic E-state index is 0.678. The molecule has 0 bridgehead atoms. The van der Waals surface area contributed by atoms with E-state index in [1.54, 1.807) is 14.2 Å². The molecule has 2 fully saturated rings. The quantitative estimate of drug-likeness (QED) is 0.903. The van der Waals surface area contributed by atoms with Gasteiger partial charge in [-0.3, -0.25) is 4.90 Å². The second kappa shape index (κ2) is 6.67. The lowest BCUT2D eigenvalue weighted by Crippen LogP contribution is -2.43. The predicted molar refractivity (Wildman–Crippen MR) is 84.0 cm³/mol. The molecule has 0 radical (unpaired) electrons. The number of nitrogens with zero attached hydrogens (tertiary/aromatic N) is 1. The Bertz CT molecular complexity index is 472. The Morgan fingerprint density at radius 1 is 1.19 bits per heavy atom. The Morgan fingerprint density at radius 3 is 2.81 bits per heavy atom. The maximum absolute atomic E-state index is 5.54. The Morgan fingerprint density at radius 2 is 2.10 bits per heavy atom. The van der Waals surface area contributed by atoms with Crippen LogP contribution in [-0.4, -0.2) is 44.3 Å². The third-order valence-corrected chi connectivity index (χ3v) is 4.84. The van der Waals surface area contributed by atoms with Gasteiger partial charge >= 0.3 is 0 Å². The Kier molecular flexibility index (Phi) is 4.66. The third kappa shape index (κ3) is 3.16. The molecule has 0 saturated carbocycles. The van der Waals surface area contributed by atoms with Crippen LogP contribution in [0.3, 0.4) is 0 Å². The van der Waals surface area contributed by atoms with Crippen molar-refractivity contribution in [3.05, 3.63) is 23.8 Å². The van der Waals surface area contributed by atoms with Gasteiger partial charge in [0.2, 0.25) is 0 Å². The molecular weight excluding hydrogens is 264 g/mol. The molecule has 1 aromatic carbocycles. The highest BCUT2D eigenvalue weighted by atomic mass is 16.5. The summed E-state index contributed by atoms with van der Waals surface area (Å²) in [6.45, 7) is 3.34. The summed E-state index contributed by atoms with van der Waals surface area (Å²) in [7, 11) is 3.43. The topological polar surface area (TPSA) is 33.7 Å². The van der Waals surface area contributed by atoms with E-state index in [4.69, 9.17) is 9.47 Å². The summed E-state index contributed by atoms with van der Waals surface area (Å²) in [6.07, 6.45) is 5.26. The van der Waals surface area contributed by atoms with E-state index in [0.717, 1.165) is 18.0 Å². The zero-order chi connectivity index (χ0) is 14.7. The van der Waals surface area contributed by atoms with Crippen LogP contribution in [0.1, 0.15) is 31.2 Å². The lowest BCUT2D eigenvalue weighted by Gasteiger charge is -2.30. The van der Waals surface area contributed by atoms with Gasteiger partial charge in [-0.25, -0.2) is 0 Å². The molecule has 0 spiro atoms. The second-order valence-electron chi connectivity index (χ2n) is 6.06. The molecule has 1 aromatic rings. The van der Waals surface area contributed by atoms with Gasteiger partial charge in [0.25, 0.3) is 0 Å². The van der Waals surface area contributed by atoms with Crippen LogP contribution in [0.25, 0.3) is 0 Å². The molecule has 116 valence electrons. The number of hydrogen-bond acceptors (Lipinski definition) is 4. The van der Waals surface area contributed by atoms with Crippen molar-refractivity contribution in [1.82, 2.24) is 10.2 Å². The van der Waals surface area contributed by atoms with Gasteiger partial charge in [0.15, 0.2) is 0 Å². The van der Waals surface area contributed by atoms with Crippen LogP contribution in [0.4, 0.5) is 0 Å². The normalized spacial score (nSPS) is 26.2. The van der Waals surface area contributed by atoms with Gasteiger partial charge < -0.3 is 14.8 Å². The van der Waals surface area contributed by atoms with Crippen molar-refractivity contribution in [3.8, 4) is 11.5 Å². The fourth-order valence-electron chi connectivity index (χ4n) is 3.75. The van der Waals surface area contributed by atoms with Crippen molar-refractivity contribution in [2.75, 3.05) is 27.3 Å². The van der Waals surface area contributed by atoms with Gasteiger partial charge in [-0.2, -0.15) is 0 Å². The van der Waals surface area contributed by atoms with Crippen molar-refractivity contribution >= 4 is 0 Å². The number of hydrogen-bond donors (Lipinski definition) is 1. The van der Waals surface area contributed by atoms with Gasteiger partial charge in [-0.05, 0) is 44.8 Å². The first kappa shape index (κ1) is 14.7. The van der Waals surface area contributed by atoms with Crippen molar-refractivity contribution in [2.45, 2.75) is 44.3 Å². The molecule has 0 aromatic heterocycles. The molecule has 2 unspecified atom stereocenters. The number of likely N-dealkylation sites (tertiary alicyclic amines) is 1. The molecule has 2 aliphatic rings. The lowest BCUT2D eigenvalue weighted by atomic mass is 10.0. The summed E-state index contributed by atoms with van der Waals surface area (Å²) in [5.41, 5.74) is 1.25. The maximum Gasteiger partial charge on any atom is 0.127 e. The van der Waals surface area contributed by atoms with Gasteiger partial charge in [-0.1, -0.05) is 6.07 Å². The molecule has 1 N–H and O–H groups in total. The van der Waals surface area contributed by atoms with E-state index in [1.807, 2.05) is 12.1 Å². The van der Waals surface area contributed by atoms with Gasteiger partial charge in [0.05, 0.1) is 14.2 Å². The first-order valence-electron chi connectivity index (χ1n) is 8.00. The van der Waals surface area contributed by atoms with Crippen molar-refractivity contribution in [1.29, 1.82) is 0 Å². The van der Waals surface area contributed by atoms with E-state index in [9.17, 15) is 0 Å². The first-order chi connectivity index (χ1) is 10.3. The highest BCUT2D eigenvalue weighted by Crippen LogP contribution is 2.30. The van der Waals surface area contributed by atoms with Crippen LogP contribution in [0.2, 0.25) is 0 Å². The molecule has 3 rings (SSSR count). The van der Waals surface area contributed by atoms with E-state index in [-0.39, 0.29) is 0 Å². The number of nitrogens with one attached hydrogen (secondary N) is 1. The summed E-state index contributed by atoms with van der Waals surface area (Å²) >= 11 is 0. The molecule has 2 saturated heterocycles. The number of methoxy groups -OCH3 is 2. The molecule has 2 heterocycles. The molecule has 0 aliphatic carbocycles. The fraction of sp³-hybridized carbons (Fsp3) is 0.647.